The zero-order valence-corrected chi connectivity index (χ0v) is 43.1. The van der Waals surface area contributed by atoms with Crippen molar-refractivity contribution in [3.63, 3.8) is 0 Å². The number of benzene rings is 3. The minimum Gasteiger partial charge on any atom is -0.487 e. The van der Waals surface area contributed by atoms with Gasteiger partial charge >= 0.3 is 11.9 Å². The van der Waals surface area contributed by atoms with Gasteiger partial charge in [0.15, 0.2) is 35.6 Å². The number of esters is 1. The van der Waals surface area contributed by atoms with E-state index in [0.29, 0.717) is 46.3 Å². The maximum atomic E-state index is 14.1. The summed E-state index contributed by atoms with van der Waals surface area (Å²) in [7, 11) is 0. The molecule has 2 aromatic heterocycles. The number of carbonyl (C=O) groups excluding carboxylic acids is 1. The number of fused-ring (bicyclic) bond motifs is 9. The third kappa shape index (κ3) is 7.82. The number of nitrogens with two attached hydrogens (primary N) is 1. The number of aromatic amines is 1. The number of H-pyrrole nitrogens is 1. The van der Waals surface area contributed by atoms with Crippen LogP contribution in [-0.4, -0.2) is 137 Å². The van der Waals surface area contributed by atoms with Gasteiger partial charge in [-0.15, -0.1) is 5.92 Å². The first-order valence-electron chi connectivity index (χ1n) is 26.9. The first kappa shape index (κ1) is 52.1. The molecule has 0 radical (unpaired) electrons. The van der Waals surface area contributed by atoms with E-state index in [1.54, 1.807) is 18.3 Å². The maximum Gasteiger partial charge on any atom is 0.333 e. The third-order valence-corrected chi connectivity index (χ3v) is 18.2. The fourth-order valence-corrected chi connectivity index (χ4v) is 14.4. The van der Waals surface area contributed by atoms with E-state index in [9.17, 15) is 50.4 Å². The van der Waals surface area contributed by atoms with E-state index in [4.69, 9.17) is 38.9 Å². The van der Waals surface area contributed by atoms with E-state index in [-0.39, 0.29) is 87.2 Å². The van der Waals surface area contributed by atoms with Crippen molar-refractivity contribution in [2.45, 2.75) is 130 Å². The number of nitrogens with zero attached hydrogens (tertiary/aromatic N) is 1. The second-order valence-corrected chi connectivity index (χ2v) is 22.4. The van der Waals surface area contributed by atoms with E-state index >= 15 is 0 Å². The molecule has 1 saturated heterocycles. The van der Waals surface area contributed by atoms with Crippen molar-refractivity contribution in [2.24, 2.45) is 22.5 Å². The lowest BCUT2D eigenvalue weighted by Gasteiger charge is -2.59. The first-order valence-corrected chi connectivity index (χ1v) is 26.9. The summed E-state index contributed by atoms with van der Waals surface area (Å²) in [6.07, 6.45) is -4.83. The number of aromatic nitrogens is 2. The number of nitrogens with one attached hydrogen (secondary N) is 2. The van der Waals surface area contributed by atoms with Crippen LogP contribution in [-0.2, 0) is 38.6 Å². The molecule has 15 atom stereocenters. The van der Waals surface area contributed by atoms with E-state index in [1.165, 1.54) is 12.3 Å². The molecule has 2 spiro atoms. The minimum absolute atomic E-state index is 0.00324. The monoisotopic (exact) mass is 1100 g/mol. The smallest absolute Gasteiger partial charge is 0.333 e. The molecule has 21 nitrogen and oxygen atoms in total. The Bertz CT molecular complexity index is 3470. The number of aliphatic hydroxyl groups is 7. The summed E-state index contributed by atoms with van der Waals surface area (Å²) in [6, 6.07) is 16.6. The number of rotatable bonds is 10. The number of aliphatic hydroxyl groups excluding tert-OH is 6. The van der Waals surface area contributed by atoms with E-state index in [0.717, 1.165) is 10.9 Å². The van der Waals surface area contributed by atoms with Gasteiger partial charge < -0.3 is 94.6 Å². The van der Waals surface area contributed by atoms with Crippen molar-refractivity contribution < 1.29 is 83.6 Å². The Labute approximate surface area is 457 Å². The van der Waals surface area contributed by atoms with E-state index in [1.807, 2.05) is 53.2 Å². The highest BCUT2D eigenvalue weighted by Crippen LogP contribution is 2.67. The lowest BCUT2D eigenvalue weighted by atomic mass is 9.58. The first-order chi connectivity index (χ1) is 38.7. The van der Waals surface area contributed by atoms with Crippen LogP contribution in [0.3, 0.4) is 0 Å². The number of carboxylic acids is 1. The number of hydrogen-bond donors (Lipinski definition) is 11. The van der Waals surface area contributed by atoms with Gasteiger partial charge in [0.25, 0.3) is 0 Å². The van der Waals surface area contributed by atoms with Crippen LogP contribution in [0, 0.1) is 40.4 Å². The average molecular weight is 1100 g/mol. The topological polar surface area (TPSA) is 319 Å². The minimum atomic E-state index is -2.50. The Morgan fingerprint density at radius 1 is 0.950 bits per heavy atom. The summed E-state index contributed by atoms with van der Waals surface area (Å²) in [5.74, 6) is 6.62. The molecule has 21 heteroatoms. The molecule has 9 aliphatic rings. The summed E-state index contributed by atoms with van der Waals surface area (Å²) < 4.78 is 48.7. The Morgan fingerprint density at radius 2 is 1.79 bits per heavy atom. The number of aliphatic carboxylic acids is 1. The van der Waals surface area contributed by atoms with Crippen LogP contribution >= 0.6 is 0 Å². The molecule has 3 aromatic carbocycles. The lowest BCUT2D eigenvalue weighted by Crippen LogP contribution is -2.80. The quantitative estimate of drug-likeness (QED) is 0.0413. The van der Waals surface area contributed by atoms with Gasteiger partial charge in [0.2, 0.25) is 18.0 Å². The number of carbonyl (C=O) groups is 2. The molecule has 418 valence electrons. The average Bonchev–Trinajstić information content (AvgIpc) is 4.40. The van der Waals surface area contributed by atoms with Gasteiger partial charge in [-0.3, -0.25) is 9.59 Å². The van der Waals surface area contributed by atoms with E-state index in [2.05, 4.69) is 34.0 Å². The molecule has 0 unspecified atom stereocenters. The Kier molecular flexibility index (Phi) is 12.7. The number of carboxylic acid groups (broad SMARTS) is 1. The van der Waals surface area contributed by atoms with Gasteiger partial charge in [-0.1, -0.05) is 54.2 Å². The second-order valence-electron chi connectivity index (χ2n) is 22.4. The fourth-order valence-electron chi connectivity index (χ4n) is 14.4. The molecule has 2 fully saturated rings. The molecule has 8 aliphatic heterocycles. The highest BCUT2D eigenvalue weighted by molar-refractivity contribution is 5.97. The number of ether oxygens (including phenoxy) is 7. The van der Waals surface area contributed by atoms with Gasteiger partial charge in [0, 0.05) is 65.5 Å². The van der Waals surface area contributed by atoms with Crippen molar-refractivity contribution in [2.75, 3.05) is 20.0 Å². The van der Waals surface area contributed by atoms with Gasteiger partial charge in [-0.2, -0.15) is 0 Å². The highest BCUT2D eigenvalue weighted by atomic mass is 16.7. The SMILES string of the molecule is N[C@@H]1NC=C[C@@]23O[C@H]4Oc5cc6c(c(Cn7cc8cc[nH]c8c7CO)c5C[C@@]5(CC[C@@](CCCO)(CC#C[C@@H](C(=O)O)C(=O)O[C@H]12)C5)[C@@]4(O)[C@@H](O)[C@@H]3O)[C@@H]1Oc2c3ccc(OCO)c2OC[C@H](O)C#C[C@H](c2ccccc2)[C@H](O6)[C@@H]31. The molecular formula is C59H60N4O17. The van der Waals surface area contributed by atoms with Crippen molar-refractivity contribution in [3.05, 3.63) is 113 Å². The Hall–Kier alpha value is -7.28. The largest absolute Gasteiger partial charge is 0.487 e. The summed E-state index contributed by atoms with van der Waals surface area (Å²) in [6.45, 7) is -1.53. The van der Waals surface area contributed by atoms with Gasteiger partial charge in [0.05, 0.1) is 29.7 Å². The van der Waals surface area contributed by atoms with Crippen LogP contribution < -0.4 is 34.7 Å². The molecule has 14 rings (SSSR count). The lowest BCUT2D eigenvalue weighted by molar-refractivity contribution is -0.377. The summed E-state index contributed by atoms with van der Waals surface area (Å²) in [5, 5.41) is 96.8. The van der Waals surface area contributed by atoms with Crippen molar-refractivity contribution in [1.29, 1.82) is 0 Å². The molecule has 80 heavy (non-hydrogen) atoms. The highest BCUT2D eigenvalue weighted by Gasteiger charge is 2.75. The van der Waals surface area contributed by atoms with Gasteiger partial charge in [-0.25, -0.2) is 0 Å². The normalized spacial score (nSPS) is 35.0. The standard InChI is InChI=1S/C59H60N4O17/c60-52-51-58(18-20-62-52)49(68)50(69)59(73)55(80-58)77-40-22-41-42(48-43-34-11-12-39(75-29-66)47(46(34)78-48)74-27-32(67)9-10-33(45(43)76-41)30-6-2-1-3-7-30)37(25-63-24-31-13-19-61-44(31)38(63)26-65)36(40)23-57(59)17-16-56(28-57,15-5-21-64)14-4-8-35(53(70)71)54(72)79-51/h1-3,6-7,11-13,18-20,22,24,32-33,35,43,45,48-52,55,61-62,64-69,73H,5,14-17,21,23,25-29,60H2,(H,70,71)/t32-,33-,35+,43-,45+,48+,49+,50+,51-,52-,55-,56+,57-,58+,59-/m1/s1. The van der Waals surface area contributed by atoms with Crippen LogP contribution in [0.15, 0.2) is 79.3 Å². The molecule has 9 bridgehead atoms. The third-order valence-electron chi connectivity index (χ3n) is 18.2. The summed E-state index contributed by atoms with van der Waals surface area (Å²) in [4.78, 5) is 30.1. The fraction of sp³-hybridized carbons (Fsp3) is 0.458. The maximum absolute atomic E-state index is 14.1. The molecule has 1 saturated carbocycles. The van der Waals surface area contributed by atoms with Crippen molar-refractivity contribution in [3.8, 4) is 52.4 Å². The molecule has 0 amide bonds. The predicted molar refractivity (Wildman–Crippen MR) is 278 cm³/mol. The predicted octanol–water partition coefficient (Wildman–Crippen LogP) is 2.19. The molecular weight excluding hydrogens is 1040 g/mol. The molecule has 1 aliphatic carbocycles. The summed E-state index contributed by atoms with van der Waals surface area (Å²) in [5.41, 5.74) is 3.78. The molecule has 12 N–H and O–H groups in total. The number of hydrogen-bond acceptors (Lipinski definition) is 18. The van der Waals surface area contributed by atoms with Crippen LogP contribution in [0.4, 0.5) is 0 Å². The van der Waals surface area contributed by atoms with Crippen LogP contribution in [0.5, 0.6) is 28.7 Å². The summed E-state index contributed by atoms with van der Waals surface area (Å²) >= 11 is 0. The van der Waals surface area contributed by atoms with E-state index < -0.39 is 108 Å². The molecule has 5 aromatic rings. The zero-order chi connectivity index (χ0) is 55.5. The van der Waals surface area contributed by atoms with Gasteiger partial charge in [0.1, 0.15) is 54.8 Å². The zero-order valence-electron chi connectivity index (χ0n) is 43.1. The Morgan fingerprint density at radius 3 is 2.58 bits per heavy atom. The van der Waals surface area contributed by atoms with Crippen molar-refractivity contribution in [1.82, 2.24) is 14.9 Å². The second kappa shape index (κ2) is 19.5. The van der Waals surface area contributed by atoms with Crippen LogP contribution in [0.2, 0.25) is 0 Å². The molecule has 10 heterocycles. The van der Waals surface area contributed by atoms with Crippen LogP contribution in [0.1, 0.15) is 90.0 Å². The van der Waals surface area contributed by atoms with Crippen LogP contribution in [0.25, 0.3) is 10.9 Å². The van der Waals surface area contributed by atoms with Crippen molar-refractivity contribution >= 4 is 22.8 Å². The Balaban J connectivity index is 1.08. The van der Waals surface area contributed by atoms with Gasteiger partial charge in [-0.05, 0) is 79.5 Å².